The van der Waals surface area contributed by atoms with E-state index in [4.69, 9.17) is 14.6 Å². The van der Waals surface area contributed by atoms with Crippen LogP contribution in [0.25, 0.3) is 0 Å². The fraction of sp³-hybridized carbons (Fsp3) is 0.943. The van der Waals surface area contributed by atoms with Crippen molar-refractivity contribution in [1.29, 1.82) is 0 Å². The maximum Gasteiger partial charge on any atom is 0.305 e. The van der Waals surface area contributed by atoms with Gasteiger partial charge in [0.05, 0.1) is 13.2 Å². The molecular formula is C70H136N2O7. The molecule has 0 unspecified atom stereocenters. The summed E-state index contributed by atoms with van der Waals surface area (Å²) < 4.78 is 11.4. The van der Waals surface area contributed by atoms with Crippen molar-refractivity contribution in [2.75, 3.05) is 59.1 Å². The van der Waals surface area contributed by atoms with E-state index in [2.05, 4.69) is 29.6 Å². The first-order valence-electron chi connectivity index (χ1n) is 35.3. The van der Waals surface area contributed by atoms with E-state index in [1.54, 1.807) is 0 Å². The third-order valence-electron chi connectivity index (χ3n) is 16.6. The van der Waals surface area contributed by atoms with Crippen LogP contribution in [0, 0.1) is 0 Å². The van der Waals surface area contributed by atoms with E-state index in [0.717, 1.165) is 136 Å². The Bertz CT molecular complexity index is 1280. The summed E-state index contributed by atoms with van der Waals surface area (Å²) in [5.41, 5.74) is 0. The number of carboxylic acids is 1. The molecule has 0 rings (SSSR count). The summed E-state index contributed by atoms with van der Waals surface area (Å²) in [7, 11) is 0. The van der Waals surface area contributed by atoms with E-state index in [1.807, 2.05) is 0 Å². The van der Waals surface area contributed by atoms with E-state index in [0.29, 0.717) is 31.8 Å². The summed E-state index contributed by atoms with van der Waals surface area (Å²) in [4.78, 5) is 40.2. The molecule has 0 aliphatic rings. The molecule has 468 valence electrons. The van der Waals surface area contributed by atoms with Crippen LogP contribution in [0.15, 0.2) is 5.76 Å². The van der Waals surface area contributed by atoms with Crippen molar-refractivity contribution < 1.29 is 34.1 Å². The topological polar surface area (TPSA) is 117 Å². The van der Waals surface area contributed by atoms with Crippen molar-refractivity contribution in [2.45, 2.75) is 367 Å². The number of allylic oxidation sites excluding steroid dienone is 1. The van der Waals surface area contributed by atoms with E-state index in [9.17, 15) is 19.5 Å². The maximum atomic E-state index is 12.4. The predicted octanol–water partition coefficient (Wildman–Crippen LogP) is 20.4. The van der Waals surface area contributed by atoms with E-state index >= 15 is 0 Å². The first-order chi connectivity index (χ1) is 39.0. The smallest absolute Gasteiger partial charge is 0.305 e. The van der Waals surface area contributed by atoms with Gasteiger partial charge in [0.15, 0.2) is 11.7 Å². The van der Waals surface area contributed by atoms with Crippen LogP contribution in [0.5, 0.6) is 0 Å². The molecule has 0 aliphatic carbocycles. The number of carbonyl (C=O) groups is 2. The molecule has 2 N–H and O–H groups in total. The number of aliphatic hydroxyl groups is 1. The third-order valence-corrected chi connectivity index (χ3v) is 16.6. The van der Waals surface area contributed by atoms with Gasteiger partial charge in [-0.15, -0.1) is 0 Å². The normalized spacial score (nSPS) is 11.6. The summed E-state index contributed by atoms with van der Waals surface area (Å²) >= 11 is 0. The van der Waals surface area contributed by atoms with Crippen molar-refractivity contribution >= 4 is 17.9 Å². The van der Waals surface area contributed by atoms with E-state index in [-0.39, 0.29) is 19.0 Å². The minimum absolute atomic E-state index is 0.0221. The van der Waals surface area contributed by atoms with Gasteiger partial charge in [-0.3, -0.25) is 9.59 Å². The number of aliphatic hydroxyl groups excluding tert-OH is 1. The highest BCUT2D eigenvalue weighted by atomic mass is 16.5. The second kappa shape index (κ2) is 66.9. The number of unbranched alkanes of at least 4 members (excludes halogenated alkanes) is 45. The van der Waals surface area contributed by atoms with Crippen LogP contribution in [-0.2, 0) is 23.9 Å². The zero-order valence-corrected chi connectivity index (χ0v) is 53.1. The molecule has 0 aromatic carbocycles. The van der Waals surface area contributed by atoms with Gasteiger partial charge in [0, 0.05) is 25.9 Å². The molecule has 0 saturated heterocycles. The lowest BCUT2D eigenvalue weighted by atomic mass is 10.0. The van der Waals surface area contributed by atoms with Crippen LogP contribution in [0.4, 0.5) is 0 Å². The highest BCUT2D eigenvalue weighted by molar-refractivity contribution is 5.69. The largest absolute Gasteiger partial charge is 0.487 e. The van der Waals surface area contributed by atoms with Crippen LogP contribution >= 0.6 is 0 Å². The second-order valence-corrected chi connectivity index (χ2v) is 24.3. The van der Waals surface area contributed by atoms with Crippen molar-refractivity contribution in [2.24, 2.45) is 0 Å². The summed E-state index contributed by atoms with van der Waals surface area (Å²) in [6.07, 6.45) is 67.0. The Morgan fingerprint density at radius 2 is 0.582 bits per heavy atom. The standard InChI is InChI=1S/C70H136N2O7/c1-3-5-7-9-11-13-15-17-18-19-20-21-22-23-24-25-26-28-30-32-43-53-66-79-70(77)57-46-38-35-41-49-59-71(58-48-40-34-37-45-56-69(75)76)62-54-63-72(61-50-51-64-73)60-47-39-33-36-44-55-68(67-74)78-65-52-42-31-29-27-16-14-12-10-8-6-4-2/h73H,3-66H2,1-2H3,(H,75,76). The van der Waals surface area contributed by atoms with Crippen LogP contribution in [0.2, 0.25) is 0 Å². The van der Waals surface area contributed by atoms with Crippen molar-refractivity contribution in [3.8, 4) is 0 Å². The molecule has 79 heavy (non-hydrogen) atoms. The molecule has 0 fully saturated rings. The Morgan fingerprint density at radius 1 is 0.316 bits per heavy atom. The lowest BCUT2D eigenvalue weighted by Gasteiger charge is -2.26. The van der Waals surface area contributed by atoms with Gasteiger partial charge in [-0.2, -0.15) is 0 Å². The molecule has 0 aromatic heterocycles. The van der Waals surface area contributed by atoms with Gasteiger partial charge in [0.25, 0.3) is 0 Å². The van der Waals surface area contributed by atoms with Crippen LogP contribution < -0.4 is 0 Å². The fourth-order valence-corrected chi connectivity index (χ4v) is 11.3. The van der Waals surface area contributed by atoms with Crippen LogP contribution in [-0.4, -0.2) is 97.0 Å². The van der Waals surface area contributed by atoms with Crippen LogP contribution in [0.1, 0.15) is 367 Å². The predicted molar refractivity (Wildman–Crippen MR) is 339 cm³/mol. The van der Waals surface area contributed by atoms with Gasteiger partial charge in [-0.25, -0.2) is 4.79 Å². The fourth-order valence-electron chi connectivity index (χ4n) is 11.3. The third kappa shape index (κ3) is 63.5. The summed E-state index contributed by atoms with van der Waals surface area (Å²) in [5.74, 6) is 1.86. The quantitative estimate of drug-likeness (QED) is 0.0266. The zero-order chi connectivity index (χ0) is 57.3. The SMILES string of the molecule is CCCCCCCCCCCCCCCCCCCCCCCCOC(=O)CCCCCCCN(CCCCCCCC(=O)O)CCCN(CCCCO)CCCCCCCC(=C=O)OCCCCCCCCCCCCCC. The van der Waals surface area contributed by atoms with Crippen molar-refractivity contribution in [1.82, 2.24) is 9.80 Å². The highest BCUT2D eigenvalue weighted by Gasteiger charge is 2.11. The first-order valence-corrected chi connectivity index (χ1v) is 35.3. The zero-order valence-electron chi connectivity index (χ0n) is 53.1. The summed E-state index contributed by atoms with van der Waals surface area (Å²) in [6, 6.07) is 0. The van der Waals surface area contributed by atoms with Gasteiger partial charge >= 0.3 is 11.9 Å². The van der Waals surface area contributed by atoms with E-state index < -0.39 is 5.97 Å². The molecule has 9 nitrogen and oxygen atoms in total. The average Bonchev–Trinajstić information content (AvgIpc) is 3.44. The van der Waals surface area contributed by atoms with Gasteiger partial charge in [-0.1, -0.05) is 277 Å². The molecule has 0 heterocycles. The van der Waals surface area contributed by atoms with Gasteiger partial charge in [-0.05, 0) is 110 Å². The monoisotopic (exact) mass is 1120 g/mol. The van der Waals surface area contributed by atoms with Gasteiger partial charge in [0.1, 0.15) is 0 Å². The molecule has 0 aliphatic heterocycles. The van der Waals surface area contributed by atoms with Gasteiger partial charge < -0.3 is 29.5 Å². The molecule has 0 bridgehead atoms. The molecule has 0 atom stereocenters. The minimum Gasteiger partial charge on any atom is -0.487 e. The minimum atomic E-state index is -0.693. The number of rotatable bonds is 69. The molecule has 9 heteroatoms. The highest BCUT2D eigenvalue weighted by Crippen LogP contribution is 2.18. The lowest BCUT2D eigenvalue weighted by Crippen LogP contribution is -2.32. The Kier molecular flexibility index (Phi) is 65.2. The summed E-state index contributed by atoms with van der Waals surface area (Å²) in [6.45, 7) is 12.6. The van der Waals surface area contributed by atoms with E-state index in [1.165, 1.54) is 238 Å². The number of hydrogen-bond donors (Lipinski definition) is 2. The molecule has 0 spiro atoms. The number of carboxylic acid groups (broad SMARTS) is 1. The maximum absolute atomic E-state index is 12.4. The molecule has 0 radical (unpaired) electrons. The lowest BCUT2D eigenvalue weighted by molar-refractivity contribution is -0.144. The van der Waals surface area contributed by atoms with Crippen molar-refractivity contribution in [3.63, 3.8) is 0 Å². The number of aliphatic carboxylic acids is 1. The Labute approximate surface area is 491 Å². The number of nitrogens with zero attached hydrogens (tertiary/aromatic N) is 2. The number of carbonyl (C=O) groups excluding carboxylic acids is 2. The first kappa shape index (κ1) is 77.1. The van der Waals surface area contributed by atoms with Crippen molar-refractivity contribution in [3.05, 3.63) is 5.76 Å². The molecular weight excluding hydrogens is 981 g/mol. The molecule has 0 saturated carbocycles. The molecule has 0 aromatic rings. The number of hydrogen-bond acceptors (Lipinski definition) is 8. The number of ether oxygens (including phenoxy) is 2. The average molecular weight is 1120 g/mol. The Balaban J connectivity index is 4.21. The molecule has 0 amide bonds. The summed E-state index contributed by atoms with van der Waals surface area (Å²) in [5, 5.41) is 18.5. The van der Waals surface area contributed by atoms with Gasteiger partial charge in [0.2, 0.25) is 0 Å². The second-order valence-electron chi connectivity index (χ2n) is 24.3. The van der Waals surface area contributed by atoms with Crippen LogP contribution in [0.3, 0.4) is 0 Å². The Hall–Kier alpha value is -1.93. The Morgan fingerprint density at radius 3 is 0.911 bits per heavy atom. The number of esters is 1.